The molecule has 0 atom stereocenters. The summed E-state index contributed by atoms with van der Waals surface area (Å²) in [6, 6.07) is 8.06. The quantitative estimate of drug-likeness (QED) is 0.770. The first-order valence-corrected chi connectivity index (χ1v) is 9.96. The Morgan fingerprint density at radius 2 is 1.85 bits per heavy atom. The normalized spacial score (nSPS) is 14.1. The van der Waals surface area contributed by atoms with Crippen LogP contribution in [0.1, 0.15) is 39.2 Å². The summed E-state index contributed by atoms with van der Waals surface area (Å²) in [5, 5.41) is 14.1. The van der Waals surface area contributed by atoms with Gasteiger partial charge in [-0.3, -0.25) is 10.1 Å². The lowest BCUT2D eigenvalue weighted by atomic mass is 9.87. The number of carbonyl (C=O) groups is 2. The van der Waals surface area contributed by atoms with Gasteiger partial charge in [-0.05, 0) is 23.8 Å². The molecule has 0 aliphatic heterocycles. The summed E-state index contributed by atoms with van der Waals surface area (Å²) in [6.07, 6.45) is 1.96. The fraction of sp³-hybridized carbons (Fsp3) is 0.474. The molecule has 0 saturated heterocycles. The molecule has 1 fully saturated rings. The highest BCUT2D eigenvalue weighted by Crippen LogP contribution is 2.27. The van der Waals surface area contributed by atoms with E-state index in [2.05, 4.69) is 53.7 Å². The number of carbonyl (C=O) groups excluding carboxylic acids is 2. The van der Waals surface area contributed by atoms with E-state index in [1.165, 1.54) is 17.3 Å². The van der Waals surface area contributed by atoms with E-state index in [-0.39, 0.29) is 23.1 Å². The molecule has 1 heterocycles. The van der Waals surface area contributed by atoms with Gasteiger partial charge in [-0.15, -0.1) is 10.2 Å². The van der Waals surface area contributed by atoms with Crippen LogP contribution in [0.5, 0.6) is 0 Å². The van der Waals surface area contributed by atoms with Crippen molar-refractivity contribution < 1.29 is 9.59 Å². The van der Waals surface area contributed by atoms with Gasteiger partial charge in [0.05, 0.1) is 5.75 Å². The Labute approximate surface area is 163 Å². The van der Waals surface area contributed by atoms with E-state index in [0.29, 0.717) is 5.16 Å². The number of imide groups is 1. The minimum absolute atomic E-state index is 0.0958. The van der Waals surface area contributed by atoms with Crippen LogP contribution < -0.4 is 10.6 Å². The van der Waals surface area contributed by atoms with Crippen molar-refractivity contribution >= 4 is 23.7 Å². The van der Waals surface area contributed by atoms with E-state index in [4.69, 9.17) is 0 Å². The summed E-state index contributed by atoms with van der Waals surface area (Å²) in [7, 11) is 1.87. The molecular formula is C19H25N5O2S. The Kier molecular flexibility index (Phi) is 5.55. The van der Waals surface area contributed by atoms with Crippen LogP contribution in [0.25, 0.3) is 11.4 Å². The number of amides is 3. The van der Waals surface area contributed by atoms with E-state index in [1.54, 1.807) is 0 Å². The number of hydrogen-bond donors (Lipinski definition) is 2. The smallest absolute Gasteiger partial charge is 0.321 e. The summed E-state index contributed by atoms with van der Waals surface area (Å²) < 4.78 is 1.86. The maximum absolute atomic E-state index is 11.9. The molecule has 3 amide bonds. The predicted octanol–water partition coefficient (Wildman–Crippen LogP) is 2.86. The predicted molar refractivity (Wildman–Crippen MR) is 106 cm³/mol. The van der Waals surface area contributed by atoms with E-state index < -0.39 is 6.03 Å². The summed E-state index contributed by atoms with van der Waals surface area (Å²) in [6.45, 7) is 6.53. The monoisotopic (exact) mass is 387 g/mol. The maximum atomic E-state index is 11.9. The minimum Gasteiger partial charge on any atom is -0.335 e. The summed E-state index contributed by atoms with van der Waals surface area (Å²) in [5.41, 5.74) is 2.32. The Balaban J connectivity index is 1.59. The van der Waals surface area contributed by atoms with Crippen molar-refractivity contribution in [2.24, 2.45) is 7.05 Å². The molecule has 2 N–H and O–H groups in total. The van der Waals surface area contributed by atoms with Gasteiger partial charge in [-0.2, -0.15) is 0 Å². The molecular weight excluding hydrogens is 362 g/mol. The van der Waals surface area contributed by atoms with Gasteiger partial charge in [0, 0.05) is 18.7 Å². The van der Waals surface area contributed by atoms with Crippen molar-refractivity contribution in [3.63, 3.8) is 0 Å². The fourth-order valence-electron chi connectivity index (χ4n) is 2.55. The molecule has 8 heteroatoms. The van der Waals surface area contributed by atoms with E-state index >= 15 is 0 Å². The second kappa shape index (κ2) is 7.72. The lowest BCUT2D eigenvalue weighted by Gasteiger charge is -2.19. The topological polar surface area (TPSA) is 88.9 Å². The molecule has 7 nitrogen and oxygen atoms in total. The highest BCUT2D eigenvalue weighted by Gasteiger charge is 2.24. The van der Waals surface area contributed by atoms with Crippen molar-refractivity contribution in [1.82, 2.24) is 25.4 Å². The molecule has 144 valence electrons. The molecule has 1 aromatic carbocycles. The zero-order valence-corrected chi connectivity index (χ0v) is 16.9. The summed E-state index contributed by atoms with van der Waals surface area (Å²) in [4.78, 5) is 23.5. The third-order valence-corrected chi connectivity index (χ3v) is 5.36. The van der Waals surface area contributed by atoms with Crippen molar-refractivity contribution in [3.05, 3.63) is 29.8 Å². The Hall–Kier alpha value is -2.35. The number of thioether (sulfide) groups is 1. The average Bonchev–Trinajstić information content (AvgIpc) is 3.33. The average molecular weight is 388 g/mol. The van der Waals surface area contributed by atoms with Crippen LogP contribution in [0.15, 0.2) is 29.4 Å². The third kappa shape index (κ3) is 5.09. The fourth-order valence-corrected chi connectivity index (χ4v) is 3.26. The van der Waals surface area contributed by atoms with Crippen LogP contribution in [0.2, 0.25) is 0 Å². The van der Waals surface area contributed by atoms with Crippen LogP contribution in [0.4, 0.5) is 4.79 Å². The van der Waals surface area contributed by atoms with Crippen LogP contribution in [0, 0.1) is 0 Å². The Bertz CT molecular complexity index is 835. The molecule has 1 aliphatic rings. The molecule has 3 rings (SSSR count). The number of benzene rings is 1. The number of urea groups is 1. The minimum atomic E-state index is -0.430. The van der Waals surface area contributed by atoms with Crippen LogP contribution >= 0.6 is 11.8 Å². The molecule has 0 spiro atoms. The maximum Gasteiger partial charge on any atom is 0.321 e. The van der Waals surface area contributed by atoms with Gasteiger partial charge >= 0.3 is 6.03 Å². The first kappa shape index (κ1) is 19.4. The third-order valence-electron chi connectivity index (χ3n) is 4.34. The van der Waals surface area contributed by atoms with Crippen LogP contribution in [-0.2, 0) is 17.3 Å². The number of aromatic nitrogens is 3. The van der Waals surface area contributed by atoms with Crippen molar-refractivity contribution in [2.45, 2.75) is 50.2 Å². The second-order valence-corrected chi connectivity index (χ2v) is 8.72. The van der Waals surface area contributed by atoms with Crippen LogP contribution in [-0.4, -0.2) is 38.5 Å². The highest BCUT2D eigenvalue weighted by molar-refractivity contribution is 7.99. The van der Waals surface area contributed by atoms with E-state index in [0.717, 1.165) is 24.2 Å². The Morgan fingerprint density at radius 3 is 2.44 bits per heavy atom. The zero-order chi connectivity index (χ0) is 19.6. The largest absolute Gasteiger partial charge is 0.335 e. The first-order valence-electron chi connectivity index (χ1n) is 8.97. The molecule has 1 saturated carbocycles. The second-order valence-electron chi connectivity index (χ2n) is 7.78. The van der Waals surface area contributed by atoms with Gasteiger partial charge in [-0.1, -0.05) is 56.8 Å². The molecule has 27 heavy (non-hydrogen) atoms. The van der Waals surface area contributed by atoms with Gasteiger partial charge in [0.2, 0.25) is 5.91 Å². The van der Waals surface area contributed by atoms with Gasteiger partial charge in [0.1, 0.15) is 0 Å². The van der Waals surface area contributed by atoms with Gasteiger partial charge in [-0.25, -0.2) is 4.79 Å². The van der Waals surface area contributed by atoms with Crippen LogP contribution in [0.3, 0.4) is 0 Å². The molecule has 2 aromatic rings. The van der Waals surface area contributed by atoms with E-state index in [9.17, 15) is 9.59 Å². The van der Waals surface area contributed by atoms with Crippen molar-refractivity contribution in [3.8, 4) is 11.4 Å². The summed E-state index contributed by atoms with van der Waals surface area (Å²) in [5.74, 6) is 0.495. The van der Waals surface area contributed by atoms with Crippen molar-refractivity contribution in [2.75, 3.05) is 5.75 Å². The van der Waals surface area contributed by atoms with Gasteiger partial charge < -0.3 is 9.88 Å². The Morgan fingerprint density at radius 1 is 1.19 bits per heavy atom. The van der Waals surface area contributed by atoms with Gasteiger partial charge in [0.15, 0.2) is 11.0 Å². The molecule has 1 aromatic heterocycles. The molecule has 0 radical (unpaired) electrons. The molecule has 0 bridgehead atoms. The van der Waals surface area contributed by atoms with E-state index in [1.807, 2.05) is 23.7 Å². The zero-order valence-electron chi connectivity index (χ0n) is 16.1. The lowest BCUT2D eigenvalue weighted by molar-refractivity contribution is -0.117. The summed E-state index contributed by atoms with van der Waals surface area (Å²) >= 11 is 1.25. The number of hydrogen-bond acceptors (Lipinski definition) is 5. The first-order chi connectivity index (χ1) is 12.7. The highest BCUT2D eigenvalue weighted by atomic mass is 32.2. The SMILES string of the molecule is Cn1c(SCC(=O)NC(=O)NC2CC2)nnc1-c1ccc(C(C)(C)C)cc1. The standard InChI is InChI=1S/C19H25N5O2S/c1-19(2,3)13-7-5-12(6-8-13)16-22-23-18(24(16)4)27-11-15(25)21-17(26)20-14-9-10-14/h5-8,14H,9-11H2,1-4H3,(H2,20,21,25,26). The van der Waals surface area contributed by atoms with Crippen molar-refractivity contribution in [1.29, 1.82) is 0 Å². The van der Waals surface area contributed by atoms with Gasteiger partial charge in [0.25, 0.3) is 0 Å². The lowest BCUT2D eigenvalue weighted by Crippen LogP contribution is -2.41. The number of nitrogens with zero attached hydrogens (tertiary/aromatic N) is 3. The number of nitrogens with one attached hydrogen (secondary N) is 2. The number of rotatable bonds is 5. The molecule has 0 unspecified atom stereocenters. The molecule has 1 aliphatic carbocycles.